The van der Waals surface area contributed by atoms with Crippen molar-refractivity contribution in [1.82, 2.24) is 4.98 Å². The van der Waals surface area contributed by atoms with E-state index < -0.39 is 0 Å². The Morgan fingerprint density at radius 3 is 2.53 bits per heavy atom. The molecule has 1 unspecified atom stereocenters. The fourth-order valence-corrected chi connectivity index (χ4v) is 2.20. The molecule has 0 fully saturated rings. The Balaban J connectivity index is 1.97. The van der Waals surface area contributed by atoms with E-state index in [0.717, 1.165) is 12.0 Å². The molecule has 1 aromatic heterocycles. The van der Waals surface area contributed by atoms with E-state index in [2.05, 4.69) is 24.0 Å². The molecule has 2 nitrogen and oxygen atoms in total. The van der Waals surface area contributed by atoms with Gasteiger partial charge in [-0.05, 0) is 42.2 Å². The summed E-state index contributed by atoms with van der Waals surface area (Å²) < 4.78 is 0. The summed E-state index contributed by atoms with van der Waals surface area (Å²) in [5, 5.41) is 0. The van der Waals surface area contributed by atoms with E-state index in [1.165, 1.54) is 11.1 Å². The van der Waals surface area contributed by atoms with Crippen LogP contribution in [0, 0.1) is 6.92 Å². The highest BCUT2D eigenvalue weighted by atomic mass is 16.1. The van der Waals surface area contributed by atoms with Gasteiger partial charge in [-0.2, -0.15) is 0 Å². The Labute approximate surface area is 114 Å². The molecule has 0 radical (unpaired) electrons. The van der Waals surface area contributed by atoms with Crippen LogP contribution in [0.3, 0.4) is 0 Å². The number of hydrogen-bond donors (Lipinski definition) is 0. The van der Waals surface area contributed by atoms with Gasteiger partial charge >= 0.3 is 0 Å². The lowest BCUT2D eigenvalue weighted by atomic mass is 9.93. The molecule has 0 amide bonds. The molecule has 0 bridgehead atoms. The fourth-order valence-electron chi connectivity index (χ4n) is 2.20. The maximum Gasteiger partial charge on any atom is 0.140 e. The lowest BCUT2D eigenvalue weighted by Crippen LogP contribution is -2.10. The van der Waals surface area contributed by atoms with Crippen molar-refractivity contribution >= 4 is 5.78 Å². The van der Waals surface area contributed by atoms with E-state index in [1.54, 1.807) is 12.4 Å². The molecular formula is C17H19NO. The lowest BCUT2D eigenvalue weighted by molar-refractivity contribution is -0.120. The maximum absolute atomic E-state index is 12.2. The number of Topliss-reactive ketones (excluding diaryl/α,β-unsaturated/α-hetero) is 1. The molecule has 0 saturated carbocycles. The Morgan fingerprint density at radius 2 is 1.84 bits per heavy atom. The fraction of sp³-hybridized carbons (Fsp3) is 0.294. The smallest absolute Gasteiger partial charge is 0.140 e. The van der Waals surface area contributed by atoms with Crippen molar-refractivity contribution < 1.29 is 4.79 Å². The van der Waals surface area contributed by atoms with Gasteiger partial charge in [0.2, 0.25) is 0 Å². The van der Waals surface area contributed by atoms with Crippen LogP contribution in [0.5, 0.6) is 0 Å². The Bertz CT molecular complexity index is 548. The number of pyridine rings is 1. The first-order chi connectivity index (χ1) is 9.18. The summed E-state index contributed by atoms with van der Waals surface area (Å²) in [6.45, 7) is 4.06. The summed E-state index contributed by atoms with van der Waals surface area (Å²) >= 11 is 0. The lowest BCUT2D eigenvalue weighted by Gasteiger charge is -2.11. The van der Waals surface area contributed by atoms with Gasteiger partial charge in [0.25, 0.3) is 0 Å². The predicted molar refractivity (Wildman–Crippen MR) is 77.2 cm³/mol. The van der Waals surface area contributed by atoms with Crippen LogP contribution >= 0.6 is 0 Å². The van der Waals surface area contributed by atoms with Crippen molar-refractivity contribution in [3.63, 3.8) is 0 Å². The van der Waals surface area contributed by atoms with Gasteiger partial charge < -0.3 is 0 Å². The number of rotatable bonds is 5. The van der Waals surface area contributed by atoms with E-state index in [1.807, 2.05) is 31.2 Å². The van der Waals surface area contributed by atoms with E-state index >= 15 is 0 Å². The maximum atomic E-state index is 12.2. The molecule has 0 saturated heterocycles. The molecule has 19 heavy (non-hydrogen) atoms. The molecule has 98 valence electrons. The number of aromatic nitrogens is 1. The highest BCUT2D eigenvalue weighted by molar-refractivity contribution is 5.85. The number of hydrogen-bond acceptors (Lipinski definition) is 2. The first-order valence-electron chi connectivity index (χ1n) is 6.65. The van der Waals surface area contributed by atoms with Crippen LogP contribution < -0.4 is 0 Å². The largest absolute Gasteiger partial charge is 0.299 e. The highest BCUT2D eigenvalue weighted by Crippen LogP contribution is 2.18. The second-order valence-corrected chi connectivity index (χ2v) is 4.90. The van der Waals surface area contributed by atoms with Crippen molar-refractivity contribution in [3.8, 4) is 0 Å². The van der Waals surface area contributed by atoms with E-state index in [4.69, 9.17) is 0 Å². The minimum absolute atomic E-state index is 0.0491. The van der Waals surface area contributed by atoms with Crippen LogP contribution in [-0.2, 0) is 11.2 Å². The van der Waals surface area contributed by atoms with Gasteiger partial charge in [0.05, 0.1) is 0 Å². The van der Waals surface area contributed by atoms with Crippen molar-refractivity contribution in [3.05, 3.63) is 65.5 Å². The van der Waals surface area contributed by atoms with Crippen molar-refractivity contribution in [2.24, 2.45) is 0 Å². The molecule has 0 aliphatic carbocycles. The van der Waals surface area contributed by atoms with Gasteiger partial charge in [-0.3, -0.25) is 9.78 Å². The highest BCUT2D eigenvalue weighted by Gasteiger charge is 2.14. The van der Waals surface area contributed by atoms with Gasteiger partial charge in [0.1, 0.15) is 5.78 Å². The average Bonchev–Trinajstić information content (AvgIpc) is 2.46. The minimum Gasteiger partial charge on any atom is -0.299 e. The van der Waals surface area contributed by atoms with Crippen LogP contribution in [-0.4, -0.2) is 10.8 Å². The molecular weight excluding hydrogens is 234 g/mol. The normalized spacial score (nSPS) is 12.1. The van der Waals surface area contributed by atoms with Gasteiger partial charge in [0.15, 0.2) is 0 Å². The average molecular weight is 253 g/mol. The summed E-state index contributed by atoms with van der Waals surface area (Å²) in [6, 6.07) is 12.1. The van der Waals surface area contributed by atoms with Crippen molar-refractivity contribution in [2.45, 2.75) is 32.6 Å². The first kappa shape index (κ1) is 13.5. The van der Waals surface area contributed by atoms with E-state index in [-0.39, 0.29) is 11.7 Å². The summed E-state index contributed by atoms with van der Waals surface area (Å²) in [6.07, 6.45) is 4.89. The molecule has 0 aliphatic heterocycles. The number of nitrogens with zero attached hydrogens (tertiary/aromatic N) is 1. The predicted octanol–water partition coefficient (Wildman–Crippen LogP) is 3.70. The molecule has 2 rings (SSSR count). The molecule has 1 aromatic carbocycles. The zero-order valence-corrected chi connectivity index (χ0v) is 11.5. The minimum atomic E-state index is -0.0491. The van der Waals surface area contributed by atoms with Crippen LogP contribution in [0.25, 0.3) is 0 Å². The molecule has 0 spiro atoms. The summed E-state index contributed by atoms with van der Waals surface area (Å²) in [5.41, 5.74) is 3.56. The van der Waals surface area contributed by atoms with Crippen LogP contribution in [0.1, 0.15) is 36.0 Å². The summed E-state index contributed by atoms with van der Waals surface area (Å²) in [4.78, 5) is 16.2. The molecule has 0 aliphatic rings. The van der Waals surface area contributed by atoms with Crippen molar-refractivity contribution in [2.75, 3.05) is 0 Å². The summed E-state index contributed by atoms with van der Waals surface area (Å²) in [5.74, 6) is 0.237. The van der Waals surface area contributed by atoms with Gasteiger partial charge in [-0.25, -0.2) is 0 Å². The van der Waals surface area contributed by atoms with E-state index in [9.17, 15) is 4.79 Å². The zero-order chi connectivity index (χ0) is 13.7. The van der Waals surface area contributed by atoms with Gasteiger partial charge in [-0.1, -0.05) is 31.2 Å². The first-order valence-corrected chi connectivity index (χ1v) is 6.65. The third kappa shape index (κ3) is 3.50. The standard InChI is InChI=1S/C17H19NO/c1-13-5-3-4-6-15(13)7-8-17(19)14(2)16-9-11-18-12-10-16/h3-6,9-12,14H,7-8H2,1-2H3. The Kier molecular flexibility index (Phi) is 4.45. The number of carbonyl (C=O) groups excluding carboxylic acids is 1. The Morgan fingerprint density at radius 1 is 1.16 bits per heavy atom. The van der Waals surface area contributed by atoms with Crippen LogP contribution in [0.15, 0.2) is 48.8 Å². The summed E-state index contributed by atoms with van der Waals surface area (Å²) in [7, 11) is 0. The topological polar surface area (TPSA) is 30.0 Å². The number of benzene rings is 1. The molecule has 0 N–H and O–H groups in total. The monoisotopic (exact) mass is 253 g/mol. The van der Waals surface area contributed by atoms with Gasteiger partial charge in [-0.15, -0.1) is 0 Å². The number of aryl methyl sites for hydroxylation is 2. The van der Waals surface area contributed by atoms with E-state index in [0.29, 0.717) is 6.42 Å². The number of carbonyl (C=O) groups is 1. The molecule has 1 heterocycles. The SMILES string of the molecule is Cc1ccccc1CCC(=O)C(C)c1ccncc1. The quantitative estimate of drug-likeness (QED) is 0.813. The third-order valence-electron chi connectivity index (χ3n) is 3.59. The van der Waals surface area contributed by atoms with Crippen molar-refractivity contribution in [1.29, 1.82) is 0 Å². The van der Waals surface area contributed by atoms with Crippen LogP contribution in [0.4, 0.5) is 0 Å². The molecule has 2 heteroatoms. The van der Waals surface area contributed by atoms with Gasteiger partial charge in [0, 0.05) is 24.7 Å². The molecule has 2 aromatic rings. The third-order valence-corrected chi connectivity index (χ3v) is 3.59. The van der Waals surface area contributed by atoms with Crippen LogP contribution in [0.2, 0.25) is 0 Å². The number of ketones is 1. The molecule has 1 atom stereocenters. The zero-order valence-electron chi connectivity index (χ0n) is 11.5. The second kappa shape index (κ2) is 6.28. The second-order valence-electron chi connectivity index (χ2n) is 4.90. The Hall–Kier alpha value is -1.96.